The number of nitrogens with one attached hydrogen (secondary N) is 2. The Balaban J connectivity index is 1.40. The van der Waals surface area contributed by atoms with E-state index in [0.717, 1.165) is 27.7 Å². The van der Waals surface area contributed by atoms with E-state index < -0.39 is 0 Å². The highest BCUT2D eigenvalue weighted by Gasteiger charge is 2.17. The minimum absolute atomic E-state index is 0.0660. The van der Waals surface area contributed by atoms with Crippen LogP contribution in [0.15, 0.2) is 78.5 Å². The van der Waals surface area contributed by atoms with Crippen LogP contribution in [0, 0.1) is 13.8 Å². The lowest BCUT2D eigenvalue weighted by Gasteiger charge is -2.10. The lowest BCUT2D eigenvalue weighted by Crippen LogP contribution is -2.18. The molecule has 0 aliphatic heterocycles. The third-order valence-corrected chi connectivity index (χ3v) is 6.58. The van der Waals surface area contributed by atoms with E-state index in [2.05, 4.69) is 27.4 Å². The largest absolute Gasteiger partial charge is 0.326 e. The molecule has 2 N–H and O–H groups in total. The average Bonchev–Trinajstić information content (AvgIpc) is 3.21. The van der Waals surface area contributed by atoms with E-state index in [0.29, 0.717) is 17.5 Å². The van der Waals surface area contributed by atoms with Crippen LogP contribution in [0.4, 0.5) is 11.4 Å². The highest BCUT2D eigenvalue weighted by Crippen LogP contribution is 2.24. The minimum atomic E-state index is -0.184. The molecule has 0 fully saturated rings. The second-order valence-electron chi connectivity index (χ2n) is 8.19. The topological polar surface area (TPSA) is 88.9 Å². The van der Waals surface area contributed by atoms with Crippen molar-refractivity contribution in [1.82, 2.24) is 14.8 Å². The molecule has 0 spiro atoms. The lowest BCUT2D eigenvalue weighted by molar-refractivity contribution is -0.116. The average molecular weight is 486 g/mol. The van der Waals surface area contributed by atoms with Crippen molar-refractivity contribution in [1.29, 1.82) is 0 Å². The SMILES string of the molecule is C=CCn1c(CC(=O)Nc2ccc(C)c(C)c2)nnc1SCC(=O)Nc1cccc2ccccc12. The molecule has 0 bridgehead atoms. The summed E-state index contributed by atoms with van der Waals surface area (Å²) in [5, 5.41) is 16.9. The number of aromatic nitrogens is 3. The molecule has 4 aromatic rings. The molecule has 0 saturated heterocycles. The van der Waals surface area contributed by atoms with Crippen LogP contribution < -0.4 is 10.6 Å². The second-order valence-corrected chi connectivity index (χ2v) is 9.13. The van der Waals surface area contributed by atoms with Crippen LogP contribution in [-0.4, -0.2) is 32.3 Å². The Morgan fingerprint density at radius 3 is 2.57 bits per heavy atom. The van der Waals surface area contributed by atoms with E-state index in [-0.39, 0.29) is 24.0 Å². The van der Waals surface area contributed by atoms with Crippen LogP contribution in [0.3, 0.4) is 0 Å². The molecule has 0 aliphatic carbocycles. The van der Waals surface area contributed by atoms with Crippen LogP contribution in [0.1, 0.15) is 17.0 Å². The molecule has 0 atom stereocenters. The molecular formula is C27H27N5O2S. The van der Waals surface area contributed by atoms with Gasteiger partial charge in [-0.1, -0.05) is 60.3 Å². The standard InChI is InChI=1S/C27H27N5O2S/c1-4-14-32-24(16-25(33)28-21-13-12-18(2)19(3)15-21)30-31-27(32)35-17-26(34)29-23-11-7-9-20-8-5-6-10-22(20)23/h4-13,15H,1,14,16-17H2,2-3H3,(H,28,33)(H,29,34). The van der Waals surface area contributed by atoms with Crippen molar-refractivity contribution in [3.05, 3.63) is 90.3 Å². The van der Waals surface area contributed by atoms with Crippen molar-refractivity contribution in [3.63, 3.8) is 0 Å². The van der Waals surface area contributed by atoms with Gasteiger partial charge in [-0.2, -0.15) is 0 Å². The summed E-state index contributed by atoms with van der Waals surface area (Å²) in [4.78, 5) is 25.3. The Bertz CT molecular complexity index is 1390. The van der Waals surface area contributed by atoms with Crippen molar-refractivity contribution in [3.8, 4) is 0 Å². The quantitative estimate of drug-likeness (QED) is 0.253. The second kappa shape index (κ2) is 11.0. The fourth-order valence-corrected chi connectivity index (χ4v) is 4.45. The van der Waals surface area contributed by atoms with Gasteiger partial charge >= 0.3 is 0 Å². The Hall–Kier alpha value is -3.91. The smallest absolute Gasteiger partial charge is 0.234 e. The summed E-state index contributed by atoms with van der Waals surface area (Å²) in [5.41, 5.74) is 3.79. The number of carbonyl (C=O) groups is 2. The zero-order chi connectivity index (χ0) is 24.8. The lowest BCUT2D eigenvalue weighted by atomic mass is 10.1. The number of rotatable bonds is 9. The summed E-state index contributed by atoms with van der Waals surface area (Å²) in [6, 6.07) is 19.5. The van der Waals surface area contributed by atoms with E-state index in [1.165, 1.54) is 17.3 Å². The maximum atomic E-state index is 12.7. The molecule has 0 saturated carbocycles. The molecule has 0 radical (unpaired) electrons. The first-order valence-electron chi connectivity index (χ1n) is 11.2. The van der Waals surface area contributed by atoms with Gasteiger partial charge in [-0.05, 0) is 48.6 Å². The highest BCUT2D eigenvalue weighted by atomic mass is 32.2. The molecule has 2 amide bonds. The van der Waals surface area contributed by atoms with E-state index in [9.17, 15) is 9.59 Å². The summed E-state index contributed by atoms with van der Waals surface area (Å²) < 4.78 is 1.81. The highest BCUT2D eigenvalue weighted by molar-refractivity contribution is 7.99. The van der Waals surface area contributed by atoms with Gasteiger partial charge in [0.25, 0.3) is 0 Å². The molecule has 35 heavy (non-hydrogen) atoms. The molecule has 178 valence electrons. The third-order valence-electron chi connectivity index (χ3n) is 5.61. The summed E-state index contributed by atoms with van der Waals surface area (Å²) in [7, 11) is 0. The van der Waals surface area contributed by atoms with Crippen molar-refractivity contribution in [2.24, 2.45) is 0 Å². The van der Waals surface area contributed by atoms with Gasteiger partial charge in [0.1, 0.15) is 5.82 Å². The summed E-state index contributed by atoms with van der Waals surface area (Å²) >= 11 is 1.27. The number of benzene rings is 3. The van der Waals surface area contributed by atoms with Gasteiger partial charge in [-0.15, -0.1) is 16.8 Å². The maximum Gasteiger partial charge on any atom is 0.234 e. The first-order chi connectivity index (χ1) is 16.9. The van der Waals surface area contributed by atoms with Gasteiger partial charge in [0.15, 0.2) is 5.16 Å². The summed E-state index contributed by atoms with van der Waals surface area (Å²) in [5.74, 6) is 0.348. The summed E-state index contributed by atoms with van der Waals surface area (Å²) in [6.45, 7) is 8.27. The van der Waals surface area contributed by atoms with Crippen LogP contribution in [0.2, 0.25) is 0 Å². The molecule has 3 aromatic carbocycles. The zero-order valence-corrected chi connectivity index (χ0v) is 20.6. The van der Waals surface area contributed by atoms with Gasteiger partial charge in [0.05, 0.1) is 12.2 Å². The number of hydrogen-bond acceptors (Lipinski definition) is 5. The number of allylic oxidation sites excluding steroid dienone is 1. The number of fused-ring (bicyclic) bond motifs is 1. The first-order valence-corrected chi connectivity index (χ1v) is 12.2. The monoisotopic (exact) mass is 485 g/mol. The normalized spacial score (nSPS) is 10.8. The van der Waals surface area contributed by atoms with Gasteiger partial charge < -0.3 is 15.2 Å². The number of amides is 2. The summed E-state index contributed by atoms with van der Waals surface area (Å²) in [6.07, 6.45) is 1.78. The number of anilines is 2. The molecule has 1 heterocycles. The molecule has 4 rings (SSSR count). The van der Waals surface area contributed by atoms with Gasteiger partial charge in [-0.25, -0.2) is 0 Å². The maximum absolute atomic E-state index is 12.7. The van der Waals surface area contributed by atoms with E-state index in [1.54, 1.807) is 6.08 Å². The molecule has 1 aromatic heterocycles. The predicted molar refractivity (Wildman–Crippen MR) is 142 cm³/mol. The first kappa shape index (κ1) is 24.2. The number of carbonyl (C=O) groups excluding carboxylic acids is 2. The third kappa shape index (κ3) is 5.96. The predicted octanol–water partition coefficient (Wildman–Crippen LogP) is 5.15. The van der Waals surface area contributed by atoms with E-state index in [1.807, 2.05) is 79.1 Å². The Morgan fingerprint density at radius 1 is 0.971 bits per heavy atom. The Labute approximate surface area is 208 Å². The van der Waals surface area contributed by atoms with Crippen molar-refractivity contribution >= 4 is 45.7 Å². The van der Waals surface area contributed by atoms with Crippen LogP contribution >= 0.6 is 11.8 Å². The number of thioether (sulfide) groups is 1. The zero-order valence-electron chi connectivity index (χ0n) is 19.7. The van der Waals surface area contributed by atoms with Crippen molar-refractivity contribution in [2.45, 2.75) is 32.0 Å². The molecule has 0 aliphatic rings. The molecular weight excluding hydrogens is 458 g/mol. The van der Waals surface area contributed by atoms with Gasteiger partial charge in [-0.3, -0.25) is 9.59 Å². The van der Waals surface area contributed by atoms with E-state index in [4.69, 9.17) is 0 Å². The number of hydrogen-bond donors (Lipinski definition) is 2. The van der Waals surface area contributed by atoms with Crippen LogP contribution in [0.5, 0.6) is 0 Å². The molecule has 8 heteroatoms. The number of nitrogens with zero attached hydrogens (tertiary/aromatic N) is 3. The number of aryl methyl sites for hydroxylation is 2. The Morgan fingerprint density at radius 2 is 1.77 bits per heavy atom. The Kier molecular flexibility index (Phi) is 7.62. The van der Waals surface area contributed by atoms with Crippen molar-refractivity contribution in [2.75, 3.05) is 16.4 Å². The van der Waals surface area contributed by atoms with Gasteiger partial charge in [0, 0.05) is 23.3 Å². The van der Waals surface area contributed by atoms with Crippen LogP contribution in [-0.2, 0) is 22.6 Å². The molecule has 0 unspecified atom stereocenters. The van der Waals surface area contributed by atoms with Crippen LogP contribution in [0.25, 0.3) is 10.8 Å². The molecule has 7 nitrogen and oxygen atoms in total. The minimum Gasteiger partial charge on any atom is -0.326 e. The fourth-order valence-electron chi connectivity index (χ4n) is 3.69. The van der Waals surface area contributed by atoms with E-state index >= 15 is 0 Å². The fraction of sp³-hybridized carbons (Fsp3) is 0.185. The van der Waals surface area contributed by atoms with Gasteiger partial charge in [0.2, 0.25) is 11.8 Å². The van der Waals surface area contributed by atoms with Crippen molar-refractivity contribution < 1.29 is 9.59 Å².